The Morgan fingerprint density at radius 2 is 1.86 bits per heavy atom. The minimum absolute atomic E-state index is 0.0166. The van der Waals surface area contributed by atoms with Crippen molar-refractivity contribution in [1.29, 1.82) is 0 Å². The highest BCUT2D eigenvalue weighted by atomic mass is 19.2. The summed E-state index contributed by atoms with van der Waals surface area (Å²) in [5.74, 6) is -1.60. The van der Waals surface area contributed by atoms with Crippen molar-refractivity contribution in [2.75, 3.05) is 7.05 Å². The van der Waals surface area contributed by atoms with Crippen molar-refractivity contribution in [2.45, 2.75) is 19.8 Å². The van der Waals surface area contributed by atoms with E-state index in [1.807, 2.05) is 13.8 Å². The lowest BCUT2D eigenvalue weighted by molar-refractivity contribution is 0.493. The van der Waals surface area contributed by atoms with Gasteiger partial charge in [0.2, 0.25) is 0 Å². The van der Waals surface area contributed by atoms with Gasteiger partial charge in [0.05, 0.1) is 0 Å². The van der Waals surface area contributed by atoms with Crippen molar-refractivity contribution in [3.8, 4) is 0 Å². The Morgan fingerprint density at radius 1 is 1.21 bits per heavy atom. The Labute approximate surface area is 82.5 Å². The van der Waals surface area contributed by atoms with Crippen molar-refractivity contribution in [3.05, 3.63) is 34.9 Å². The van der Waals surface area contributed by atoms with Crippen LogP contribution in [0.2, 0.25) is 0 Å². The van der Waals surface area contributed by atoms with Gasteiger partial charge in [-0.1, -0.05) is 26.0 Å². The normalized spacial score (nSPS) is 11.6. The van der Waals surface area contributed by atoms with Gasteiger partial charge in [0.1, 0.15) is 0 Å². The lowest BCUT2D eigenvalue weighted by Crippen LogP contribution is -2.00. The van der Waals surface area contributed by atoms with E-state index in [2.05, 4.69) is 4.99 Å². The van der Waals surface area contributed by atoms with Crippen LogP contribution in [0.1, 0.15) is 30.9 Å². The molecule has 1 aromatic rings. The molecule has 14 heavy (non-hydrogen) atoms. The van der Waals surface area contributed by atoms with E-state index in [0.717, 1.165) is 0 Å². The zero-order chi connectivity index (χ0) is 10.7. The van der Waals surface area contributed by atoms with Crippen molar-refractivity contribution < 1.29 is 8.78 Å². The topological polar surface area (TPSA) is 12.4 Å². The molecule has 0 aliphatic rings. The quantitative estimate of drug-likeness (QED) is 0.646. The van der Waals surface area contributed by atoms with E-state index < -0.39 is 11.6 Å². The van der Waals surface area contributed by atoms with E-state index in [1.165, 1.54) is 13.3 Å². The standard InChI is InChI=1S/C11H13F2N/c1-7(2)9-5-4-8(6-14-3)10(12)11(9)13/h4-7H,1-3H3. The molecule has 0 atom stereocenters. The third-order valence-electron chi connectivity index (χ3n) is 2.03. The van der Waals surface area contributed by atoms with E-state index in [0.29, 0.717) is 5.56 Å². The molecule has 0 heterocycles. The molecule has 0 spiro atoms. The molecule has 1 rings (SSSR count). The molecule has 0 aliphatic carbocycles. The van der Waals surface area contributed by atoms with Crippen LogP contribution in [0.4, 0.5) is 8.78 Å². The predicted octanol–water partition coefficient (Wildman–Crippen LogP) is 3.14. The first-order chi connectivity index (χ1) is 6.57. The first-order valence-corrected chi connectivity index (χ1v) is 4.48. The van der Waals surface area contributed by atoms with Crippen molar-refractivity contribution in [2.24, 2.45) is 4.99 Å². The summed E-state index contributed by atoms with van der Waals surface area (Å²) in [6.07, 6.45) is 1.31. The van der Waals surface area contributed by atoms with E-state index in [1.54, 1.807) is 12.1 Å². The maximum absolute atomic E-state index is 13.4. The van der Waals surface area contributed by atoms with Crippen LogP contribution >= 0.6 is 0 Å². The molecule has 0 N–H and O–H groups in total. The smallest absolute Gasteiger partial charge is 0.167 e. The zero-order valence-corrected chi connectivity index (χ0v) is 8.51. The molecule has 1 nitrogen and oxygen atoms in total. The Balaban J connectivity index is 3.26. The summed E-state index contributed by atoms with van der Waals surface area (Å²) in [7, 11) is 1.52. The summed E-state index contributed by atoms with van der Waals surface area (Å²) in [5, 5.41) is 0. The molecule has 3 heteroatoms. The number of aliphatic imine (C=N–C) groups is 1. The number of nitrogens with zero attached hydrogens (tertiary/aromatic N) is 1. The van der Waals surface area contributed by atoms with Gasteiger partial charge in [-0.05, 0) is 11.5 Å². The van der Waals surface area contributed by atoms with Gasteiger partial charge in [-0.15, -0.1) is 0 Å². The van der Waals surface area contributed by atoms with Gasteiger partial charge >= 0.3 is 0 Å². The van der Waals surface area contributed by atoms with E-state index in [4.69, 9.17) is 0 Å². The number of benzene rings is 1. The van der Waals surface area contributed by atoms with Gasteiger partial charge in [0, 0.05) is 18.8 Å². The average molecular weight is 197 g/mol. The monoisotopic (exact) mass is 197 g/mol. The molecule has 0 bridgehead atoms. The summed E-state index contributed by atoms with van der Waals surface area (Å²) in [6, 6.07) is 3.14. The number of rotatable bonds is 2. The molecule has 0 radical (unpaired) electrons. The fourth-order valence-electron chi connectivity index (χ4n) is 1.26. The highest BCUT2D eigenvalue weighted by molar-refractivity contribution is 5.80. The lowest BCUT2D eigenvalue weighted by atomic mass is 10.0. The SMILES string of the molecule is CN=Cc1ccc(C(C)C)c(F)c1F. The fraction of sp³-hybridized carbons (Fsp3) is 0.364. The molecule has 0 amide bonds. The van der Waals surface area contributed by atoms with Gasteiger partial charge in [0.25, 0.3) is 0 Å². The van der Waals surface area contributed by atoms with Crippen LogP contribution in [0.15, 0.2) is 17.1 Å². The van der Waals surface area contributed by atoms with Gasteiger partial charge in [-0.25, -0.2) is 8.78 Å². The van der Waals surface area contributed by atoms with Crippen molar-refractivity contribution in [1.82, 2.24) is 0 Å². The third kappa shape index (κ3) is 1.97. The second kappa shape index (κ2) is 4.31. The molecule has 0 fully saturated rings. The highest BCUT2D eigenvalue weighted by Crippen LogP contribution is 2.22. The van der Waals surface area contributed by atoms with Crippen molar-refractivity contribution in [3.63, 3.8) is 0 Å². The molecule has 0 unspecified atom stereocenters. The number of halogens is 2. The Kier molecular flexibility index (Phi) is 3.33. The molecular formula is C11H13F2N. The first kappa shape index (κ1) is 10.8. The third-order valence-corrected chi connectivity index (χ3v) is 2.03. The van der Waals surface area contributed by atoms with Crippen LogP contribution in [0.3, 0.4) is 0 Å². The maximum Gasteiger partial charge on any atom is 0.167 e. The van der Waals surface area contributed by atoms with Gasteiger partial charge in [-0.3, -0.25) is 4.99 Å². The first-order valence-electron chi connectivity index (χ1n) is 4.48. The molecule has 0 aliphatic heterocycles. The summed E-state index contributed by atoms with van der Waals surface area (Å²) < 4.78 is 26.7. The number of hydrogen-bond donors (Lipinski definition) is 0. The van der Waals surface area contributed by atoms with Gasteiger partial charge < -0.3 is 0 Å². The Hall–Kier alpha value is -1.25. The van der Waals surface area contributed by atoms with Gasteiger partial charge in [-0.2, -0.15) is 0 Å². The van der Waals surface area contributed by atoms with E-state index in [-0.39, 0.29) is 11.5 Å². The lowest BCUT2D eigenvalue weighted by Gasteiger charge is -2.08. The molecular weight excluding hydrogens is 184 g/mol. The molecule has 1 aromatic carbocycles. The minimum atomic E-state index is -0.818. The highest BCUT2D eigenvalue weighted by Gasteiger charge is 2.13. The molecule has 0 aromatic heterocycles. The summed E-state index contributed by atoms with van der Waals surface area (Å²) in [6.45, 7) is 3.65. The second-order valence-corrected chi connectivity index (χ2v) is 3.41. The van der Waals surface area contributed by atoms with Crippen LogP contribution in [0.5, 0.6) is 0 Å². The fourth-order valence-corrected chi connectivity index (χ4v) is 1.26. The average Bonchev–Trinajstić information content (AvgIpc) is 2.13. The van der Waals surface area contributed by atoms with E-state index >= 15 is 0 Å². The minimum Gasteiger partial charge on any atom is -0.296 e. The maximum atomic E-state index is 13.4. The predicted molar refractivity (Wildman–Crippen MR) is 54.0 cm³/mol. The van der Waals surface area contributed by atoms with Crippen LogP contribution in [-0.2, 0) is 0 Å². The summed E-state index contributed by atoms with van der Waals surface area (Å²) in [4.78, 5) is 3.65. The van der Waals surface area contributed by atoms with Crippen LogP contribution < -0.4 is 0 Å². The Morgan fingerprint density at radius 3 is 2.36 bits per heavy atom. The summed E-state index contributed by atoms with van der Waals surface area (Å²) in [5.41, 5.74) is 0.588. The van der Waals surface area contributed by atoms with Crippen molar-refractivity contribution >= 4 is 6.21 Å². The van der Waals surface area contributed by atoms with Gasteiger partial charge in [0.15, 0.2) is 11.6 Å². The number of hydrogen-bond acceptors (Lipinski definition) is 1. The zero-order valence-electron chi connectivity index (χ0n) is 8.51. The second-order valence-electron chi connectivity index (χ2n) is 3.41. The van der Waals surface area contributed by atoms with Crippen LogP contribution in [0.25, 0.3) is 0 Å². The van der Waals surface area contributed by atoms with Crippen LogP contribution in [-0.4, -0.2) is 13.3 Å². The molecule has 76 valence electrons. The largest absolute Gasteiger partial charge is 0.296 e. The van der Waals surface area contributed by atoms with Crippen LogP contribution in [0, 0.1) is 11.6 Å². The Bertz CT molecular complexity index is 357. The molecule has 0 saturated heterocycles. The van der Waals surface area contributed by atoms with E-state index in [9.17, 15) is 8.78 Å². The molecule has 0 saturated carbocycles. The summed E-state index contributed by atoms with van der Waals surface area (Å²) >= 11 is 0.